The average molecular weight is 260 g/mol. The first-order chi connectivity index (χ1) is 9.15. The Hall–Kier alpha value is -1.88. The van der Waals surface area contributed by atoms with Crippen LogP contribution in [-0.2, 0) is 13.5 Å². The monoisotopic (exact) mass is 260 g/mol. The summed E-state index contributed by atoms with van der Waals surface area (Å²) in [7, 11) is 5.56. The van der Waals surface area contributed by atoms with Crippen LogP contribution in [0.3, 0.4) is 0 Å². The number of rotatable bonds is 5. The van der Waals surface area contributed by atoms with Crippen LogP contribution in [0.25, 0.3) is 0 Å². The minimum Gasteiger partial charge on any atom is -0.481 e. The smallest absolute Gasteiger partial charge is 0.217 e. The van der Waals surface area contributed by atoms with Gasteiger partial charge in [-0.3, -0.25) is 4.68 Å². The molecule has 0 spiro atoms. The Balaban J connectivity index is 2.27. The Bertz CT molecular complexity index is 550. The summed E-state index contributed by atoms with van der Waals surface area (Å²) in [5, 5.41) is 7.69. The third kappa shape index (κ3) is 2.93. The van der Waals surface area contributed by atoms with Gasteiger partial charge in [-0.15, -0.1) is 0 Å². The molecule has 0 aliphatic rings. The lowest BCUT2D eigenvalue weighted by atomic mass is 10.0. The van der Waals surface area contributed by atoms with E-state index in [4.69, 9.17) is 4.74 Å². The second-order valence-electron chi connectivity index (χ2n) is 4.55. The van der Waals surface area contributed by atoms with Crippen molar-refractivity contribution in [2.24, 2.45) is 7.05 Å². The van der Waals surface area contributed by atoms with Crippen LogP contribution in [0.5, 0.6) is 5.88 Å². The second-order valence-corrected chi connectivity index (χ2v) is 4.55. The molecular formula is C14H20N4O. The molecule has 0 radical (unpaired) electrons. The van der Waals surface area contributed by atoms with E-state index in [2.05, 4.69) is 21.5 Å². The fourth-order valence-electron chi connectivity index (χ4n) is 2.27. The molecule has 1 unspecified atom stereocenters. The molecule has 0 fully saturated rings. The van der Waals surface area contributed by atoms with Gasteiger partial charge in [0.25, 0.3) is 0 Å². The number of methoxy groups -OCH3 is 1. The summed E-state index contributed by atoms with van der Waals surface area (Å²) in [6.45, 7) is 2.00. The lowest BCUT2D eigenvalue weighted by Gasteiger charge is -2.18. The zero-order chi connectivity index (χ0) is 13.8. The maximum absolute atomic E-state index is 5.33. The number of aromatic nitrogens is 3. The number of hydrogen-bond donors (Lipinski definition) is 1. The van der Waals surface area contributed by atoms with Crippen LogP contribution in [0.1, 0.15) is 23.0 Å². The second kappa shape index (κ2) is 5.84. The van der Waals surface area contributed by atoms with Crippen molar-refractivity contribution in [2.75, 3.05) is 14.2 Å². The molecule has 2 aromatic rings. The largest absolute Gasteiger partial charge is 0.481 e. The van der Waals surface area contributed by atoms with E-state index < -0.39 is 0 Å². The highest BCUT2D eigenvalue weighted by atomic mass is 16.5. The number of hydrogen-bond acceptors (Lipinski definition) is 4. The van der Waals surface area contributed by atoms with Gasteiger partial charge in [0.15, 0.2) is 0 Å². The third-order valence-electron chi connectivity index (χ3n) is 3.23. The third-order valence-corrected chi connectivity index (χ3v) is 3.23. The van der Waals surface area contributed by atoms with E-state index in [-0.39, 0.29) is 6.04 Å². The maximum Gasteiger partial charge on any atom is 0.217 e. The summed E-state index contributed by atoms with van der Waals surface area (Å²) < 4.78 is 7.25. The van der Waals surface area contributed by atoms with Crippen LogP contribution in [-0.4, -0.2) is 28.9 Å². The summed E-state index contributed by atoms with van der Waals surface area (Å²) in [5.41, 5.74) is 3.28. The minimum absolute atomic E-state index is 0.151. The molecule has 2 heterocycles. The van der Waals surface area contributed by atoms with Gasteiger partial charge in [-0.25, -0.2) is 4.98 Å². The summed E-state index contributed by atoms with van der Waals surface area (Å²) >= 11 is 0. The molecule has 0 aliphatic carbocycles. The van der Waals surface area contributed by atoms with E-state index in [1.807, 2.05) is 37.8 Å². The fourth-order valence-corrected chi connectivity index (χ4v) is 2.27. The molecule has 0 aromatic carbocycles. The highest BCUT2D eigenvalue weighted by Gasteiger charge is 2.17. The van der Waals surface area contributed by atoms with E-state index >= 15 is 0 Å². The molecule has 0 saturated heterocycles. The SMILES string of the molecule is CNC(Cc1cc(C)nn1C)c1cccnc1OC. The van der Waals surface area contributed by atoms with Crippen LogP contribution in [0.2, 0.25) is 0 Å². The molecule has 1 atom stereocenters. The minimum atomic E-state index is 0.151. The van der Waals surface area contributed by atoms with Crippen molar-refractivity contribution in [2.45, 2.75) is 19.4 Å². The van der Waals surface area contributed by atoms with Gasteiger partial charge in [0.05, 0.1) is 12.8 Å². The van der Waals surface area contributed by atoms with Crippen LogP contribution in [0.15, 0.2) is 24.4 Å². The highest BCUT2D eigenvalue weighted by molar-refractivity contribution is 5.30. The number of aryl methyl sites for hydroxylation is 2. The zero-order valence-electron chi connectivity index (χ0n) is 11.8. The quantitative estimate of drug-likeness (QED) is 0.888. The summed E-state index contributed by atoms with van der Waals surface area (Å²) in [4.78, 5) is 4.25. The molecule has 5 heteroatoms. The molecule has 1 N–H and O–H groups in total. The standard InChI is InChI=1S/C14H20N4O/c1-10-8-11(18(3)17-10)9-13(15-2)12-6-5-7-16-14(12)19-4/h5-8,13,15H,9H2,1-4H3. The summed E-state index contributed by atoms with van der Waals surface area (Å²) in [5.74, 6) is 0.667. The van der Waals surface area contributed by atoms with Gasteiger partial charge in [0.1, 0.15) is 0 Å². The van der Waals surface area contributed by atoms with Gasteiger partial charge in [0.2, 0.25) is 5.88 Å². The molecule has 19 heavy (non-hydrogen) atoms. The van der Waals surface area contributed by atoms with Gasteiger partial charge in [-0.2, -0.15) is 5.10 Å². The first kappa shape index (κ1) is 13.5. The Labute approximate surface area is 113 Å². The first-order valence-electron chi connectivity index (χ1n) is 6.31. The molecule has 2 rings (SSSR count). The Morgan fingerprint density at radius 3 is 2.84 bits per heavy atom. The number of pyridine rings is 1. The average Bonchev–Trinajstić information content (AvgIpc) is 2.74. The van der Waals surface area contributed by atoms with Crippen molar-refractivity contribution in [1.82, 2.24) is 20.1 Å². The molecule has 0 bridgehead atoms. The van der Waals surface area contributed by atoms with Crippen LogP contribution in [0.4, 0.5) is 0 Å². The Kier molecular flexibility index (Phi) is 4.16. The van der Waals surface area contributed by atoms with E-state index in [0.717, 1.165) is 17.7 Å². The maximum atomic E-state index is 5.33. The fraction of sp³-hybridized carbons (Fsp3) is 0.429. The van der Waals surface area contributed by atoms with E-state index in [9.17, 15) is 0 Å². The van der Waals surface area contributed by atoms with Crippen molar-refractivity contribution in [1.29, 1.82) is 0 Å². The van der Waals surface area contributed by atoms with E-state index in [0.29, 0.717) is 5.88 Å². The van der Waals surface area contributed by atoms with Crippen LogP contribution >= 0.6 is 0 Å². The number of nitrogens with one attached hydrogen (secondary N) is 1. The van der Waals surface area contributed by atoms with Crippen LogP contribution in [0, 0.1) is 6.92 Å². The summed E-state index contributed by atoms with van der Waals surface area (Å²) in [6.07, 6.45) is 2.58. The summed E-state index contributed by atoms with van der Waals surface area (Å²) in [6, 6.07) is 6.22. The van der Waals surface area contributed by atoms with Gasteiger partial charge in [0, 0.05) is 37.0 Å². The van der Waals surface area contributed by atoms with Crippen LogP contribution < -0.4 is 10.1 Å². The molecular weight excluding hydrogens is 240 g/mol. The lowest BCUT2D eigenvalue weighted by Crippen LogP contribution is -2.21. The molecule has 0 aliphatic heterocycles. The zero-order valence-corrected chi connectivity index (χ0v) is 11.8. The molecule has 0 amide bonds. The van der Waals surface area contributed by atoms with E-state index in [1.165, 1.54) is 5.69 Å². The lowest BCUT2D eigenvalue weighted by molar-refractivity contribution is 0.383. The number of nitrogens with zero attached hydrogens (tertiary/aromatic N) is 3. The van der Waals surface area contributed by atoms with Gasteiger partial charge in [-0.1, -0.05) is 6.07 Å². The molecule has 102 valence electrons. The number of likely N-dealkylation sites (N-methyl/N-ethyl adjacent to an activating group) is 1. The van der Waals surface area contributed by atoms with Crippen molar-refractivity contribution < 1.29 is 4.74 Å². The molecule has 2 aromatic heterocycles. The highest BCUT2D eigenvalue weighted by Crippen LogP contribution is 2.25. The predicted molar refractivity (Wildman–Crippen MR) is 74.2 cm³/mol. The topological polar surface area (TPSA) is 52.0 Å². The van der Waals surface area contributed by atoms with Crippen molar-refractivity contribution in [3.05, 3.63) is 41.3 Å². The molecule has 5 nitrogen and oxygen atoms in total. The Morgan fingerprint density at radius 2 is 2.26 bits per heavy atom. The first-order valence-corrected chi connectivity index (χ1v) is 6.31. The normalized spacial score (nSPS) is 12.4. The van der Waals surface area contributed by atoms with Crippen molar-refractivity contribution in [3.63, 3.8) is 0 Å². The predicted octanol–water partition coefficient (Wildman–Crippen LogP) is 1.64. The Morgan fingerprint density at radius 1 is 1.47 bits per heavy atom. The van der Waals surface area contributed by atoms with Crippen molar-refractivity contribution in [3.8, 4) is 5.88 Å². The van der Waals surface area contributed by atoms with Crippen molar-refractivity contribution >= 4 is 0 Å². The van der Waals surface area contributed by atoms with Gasteiger partial charge in [-0.05, 0) is 26.1 Å². The van der Waals surface area contributed by atoms with Gasteiger partial charge >= 0.3 is 0 Å². The molecule has 0 saturated carbocycles. The number of ether oxygens (including phenoxy) is 1. The van der Waals surface area contributed by atoms with E-state index in [1.54, 1.807) is 13.3 Å². The van der Waals surface area contributed by atoms with Gasteiger partial charge < -0.3 is 10.1 Å².